The van der Waals surface area contributed by atoms with Gasteiger partial charge in [0.15, 0.2) is 0 Å². The van der Waals surface area contributed by atoms with Crippen molar-refractivity contribution in [1.82, 2.24) is 4.90 Å². The van der Waals surface area contributed by atoms with Crippen LogP contribution in [0.2, 0.25) is 5.02 Å². The number of ether oxygens (including phenoxy) is 1. The van der Waals surface area contributed by atoms with E-state index in [4.69, 9.17) is 16.3 Å². The van der Waals surface area contributed by atoms with E-state index in [-0.39, 0.29) is 5.97 Å². The van der Waals surface area contributed by atoms with E-state index in [1.807, 2.05) is 49.4 Å². The first-order valence-corrected chi connectivity index (χ1v) is 9.82. The van der Waals surface area contributed by atoms with Gasteiger partial charge in [-0.3, -0.25) is 9.69 Å². The maximum atomic E-state index is 12.8. The average molecular weight is 388 g/mol. The number of carbonyl (C=O) groups excluding carboxylic acids is 1. The SMILES string of the molecule is CCOC(=O)C1(Cc2ccccc2Cl)CCN(Cc2ccccc2O)CC1. The van der Waals surface area contributed by atoms with Crippen LogP contribution in [-0.4, -0.2) is 35.7 Å². The first-order chi connectivity index (χ1) is 13.0. The van der Waals surface area contributed by atoms with E-state index >= 15 is 0 Å². The number of para-hydroxylation sites is 1. The van der Waals surface area contributed by atoms with E-state index in [0.717, 1.165) is 24.2 Å². The van der Waals surface area contributed by atoms with E-state index in [9.17, 15) is 9.90 Å². The number of phenolic OH excluding ortho intramolecular Hbond substituents is 1. The molecule has 0 bridgehead atoms. The molecule has 0 amide bonds. The standard InChI is InChI=1S/C22H26ClNO3/c1-2-27-21(26)22(15-17-7-3-5-9-19(17)23)11-13-24(14-12-22)16-18-8-4-6-10-20(18)25/h3-10,25H,2,11-16H2,1H3. The highest BCUT2D eigenvalue weighted by atomic mass is 35.5. The second-order valence-corrected chi connectivity index (χ2v) is 7.58. The van der Waals surface area contributed by atoms with Crippen LogP contribution in [0.5, 0.6) is 5.75 Å². The largest absolute Gasteiger partial charge is 0.508 e. The highest BCUT2D eigenvalue weighted by molar-refractivity contribution is 6.31. The molecule has 0 aliphatic carbocycles. The first kappa shape index (κ1) is 19.7. The minimum absolute atomic E-state index is 0.132. The number of benzene rings is 2. The summed E-state index contributed by atoms with van der Waals surface area (Å²) in [5.41, 5.74) is 1.35. The van der Waals surface area contributed by atoms with Crippen LogP contribution in [-0.2, 0) is 22.5 Å². The van der Waals surface area contributed by atoms with Gasteiger partial charge in [-0.2, -0.15) is 0 Å². The second-order valence-electron chi connectivity index (χ2n) is 7.17. The molecule has 1 fully saturated rings. The molecule has 2 aromatic carbocycles. The summed E-state index contributed by atoms with van der Waals surface area (Å²) in [7, 11) is 0. The average Bonchev–Trinajstić information content (AvgIpc) is 2.67. The smallest absolute Gasteiger partial charge is 0.312 e. The lowest BCUT2D eigenvalue weighted by Gasteiger charge is -2.40. The maximum absolute atomic E-state index is 12.8. The van der Waals surface area contributed by atoms with Gasteiger partial charge in [0, 0.05) is 17.1 Å². The summed E-state index contributed by atoms with van der Waals surface area (Å²) in [4.78, 5) is 15.1. The minimum atomic E-state index is -0.545. The molecule has 1 aliphatic rings. The molecule has 3 rings (SSSR count). The summed E-state index contributed by atoms with van der Waals surface area (Å²) >= 11 is 6.35. The number of nitrogens with zero attached hydrogens (tertiary/aromatic N) is 1. The summed E-state index contributed by atoms with van der Waals surface area (Å²) in [6.45, 7) is 4.45. The predicted octanol–water partition coefficient (Wildman–Crippen LogP) is 4.43. The Morgan fingerprint density at radius 2 is 1.74 bits per heavy atom. The Morgan fingerprint density at radius 3 is 2.37 bits per heavy atom. The van der Waals surface area contributed by atoms with Crippen LogP contribution in [0.25, 0.3) is 0 Å². The number of phenols is 1. The van der Waals surface area contributed by atoms with Gasteiger partial charge in [0.25, 0.3) is 0 Å². The Bertz CT molecular complexity index is 785. The van der Waals surface area contributed by atoms with E-state index < -0.39 is 5.41 Å². The molecule has 2 aromatic rings. The van der Waals surface area contributed by atoms with Crippen LogP contribution in [0.15, 0.2) is 48.5 Å². The molecule has 0 aromatic heterocycles. The molecule has 27 heavy (non-hydrogen) atoms. The van der Waals surface area contributed by atoms with Crippen molar-refractivity contribution in [1.29, 1.82) is 0 Å². The van der Waals surface area contributed by atoms with Crippen molar-refractivity contribution in [2.24, 2.45) is 5.41 Å². The number of esters is 1. The van der Waals surface area contributed by atoms with Crippen molar-refractivity contribution in [3.8, 4) is 5.75 Å². The number of aromatic hydroxyl groups is 1. The summed E-state index contributed by atoms with van der Waals surface area (Å²) in [6.07, 6.45) is 2.02. The quantitative estimate of drug-likeness (QED) is 0.745. The van der Waals surface area contributed by atoms with Crippen molar-refractivity contribution < 1.29 is 14.6 Å². The summed E-state index contributed by atoms with van der Waals surface area (Å²) < 4.78 is 5.43. The Kier molecular flexibility index (Phi) is 6.40. The van der Waals surface area contributed by atoms with Gasteiger partial charge >= 0.3 is 5.97 Å². The zero-order valence-corrected chi connectivity index (χ0v) is 16.4. The lowest BCUT2D eigenvalue weighted by Crippen LogP contribution is -2.46. The molecule has 0 unspecified atom stereocenters. The van der Waals surface area contributed by atoms with Crippen molar-refractivity contribution in [2.45, 2.75) is 32.7 Å². The van der Waals surface area contributed by atoms with Crippen LogP contribution in [0, 0.1) is 5.41 Å². The van der Waals surface area contributed by atoms with E-state index in [0.29, 0.717) is 43.2 Å². The third-order valence-electron chi connectivity index (χ3n) is 5.39. The van der Waals surface area contributed by atoms with Gasteiger partial charge in [-0.25, -0.2) is 0 Å². The van der Waals surface area contributed by atoms with Crippen molar-refractivity contribution in [2.75, 3.05) is 19.7 Å². The molecule has 0 spiro atoms. The molecule has 0 saturated carbocycles. The number of carbonyl (C=O) groups is 1. The van der Waals surface area contributed by atoms with Gasteiger partial charge in [0.05, 0.1) is 12.0 Å². The fourth-order valence-electron chi connectivity index (χ4n) is 3.77. The fourth-order valence-corrected chi connectivity index (χ4v) is 3.97. The van der Waals surface area contributed by atoms with Crippen LogP contribution in [0.1, 0.15) is 30.9 Å². The van der Waals surface area contributed by atoms with Gasteiger partial charge in [0.2, 0.25) is 0 Å². The Labute approximate surface area is 165 Å². The molecule has 5 heteroatoms. The molecule has 1 heterocycles. The predicted molar refractivity (Wildman–Crippen MR) is 107 cm³/mol. The molecule has 1 aliphatic heterocycles. The molecular weight excluding hydrogens is 362 g/mol. The molecule has 1 N–H and O–H groups in total. The Balaban J connectivity index is 1.73. The third-order valence-corrected chi connectivity index (χ3v) is 5.76. The number of likely N-dealkylation sites (tertiary alicyclic amines) is 1. The van der Waals surface area contributed by atoms with Crippen molar-refractivity contribution in [3.05, 3.63) is 64.7 Å². The monoisotopic (exact) mass is 387 g/mol. The topological polar surface area (TPSA) is 49.8 Å². The lowest BCUT2D eigenvalue weighted by molar-refractivity contribution is -0.158. The number of piperidine rings is 1. The fraction of sp³-hybridized carbons (Fsp3) is 0.409. The third kappa shape index (κ3) is 4.63. The molecule has 1 saturated heterocycles. The van der Waals surface area contributed by atoms with Crippen LogP contribution in [0.3, 0.4) is 0 Å². The summed E-state index contributed by atoms with van der Waals surface area (Å²) in [5, 5.41) is 10.7. The molecule has 4 nitrogen and oxygen atoms in total. The number of hydrogen-bond acceptors (Lipinski definition) is 4. The van der Waals surface area contributed by atoms with Crippen molar-refractivity contribution in [3.63, 3.8) is 0 Å². The zero-order valence-electron chi connectivity index (χ0n) is 15.7. The second kappa shape index (κ2) is 8.77. The highest BCUT2D eigenvalue weighted by Crippen LogP contribution is 2.38. The summed E-state index contributed by atoms with van der Waals surface area (Å²) in [6, 6.07) is 15.1. The number of halogens is 1. The summed E-state index contributed by atoms with van der Waals surface area (Å²) in [5.74, 6) is 0.183. The van der Waals surface area contributed by atoms with Gasteiger partial charge in [-0.05, 0) is 57.0 Å². The zero-order chi connectivity index (χ0) is 19.3. The van der Waals surface area contributed by atoms with Gasteiger partial charge in [-0.15, -0.1) is 0 Å². The van der Waals surface area contributed by atoms with Crippen molar-refractivity contribution >= 4 is 17.6 Å². The molecule has 0 radical (unpaired) electrons. The Hall–Kier alpha value is -2.04. The Morgan fingerprint density at radius 1 is 1.11 bits per heavy atom. The van der Waals surface area contributed by atoms with Gasteiger partial charge < -0.3 is 9.84 Å². The van der Waals surface area contributed by atoms with E-state index in [1.54, 1.807) is 6.07 Å². The highest BCUT2D eigenvalue weighted by Gasteiger charge is 2.43. The van der Waals surface area contributed by atoms with E-state index in [1.165, 1.54) is 0 Å². The van der Waals surface area contributed by atoms with Gasteiger partial charge in [-0.1, -0.05) is 48.0 Å². The first-order valence-electron chi connectivity index (χ1n) is 9.44. The number of hydrogen-bond donors (Lipinski definition) is 1. The van der Waals surface area contributed by atoms with Crippen LogP contribution in [0.4, 0.5) is 0 Å². The van der Waals surface area contributed by atoms with Gasteiger partial charge in [0.1, 0.15) is 5.75 Å². The van der Waals surface area contributed by atoms with E-state index in [2.05, 4.69) is 4.90 Å². The molecule has 144 valence electrons. The number of rotatable bonds is 6. The lowest BCUT2D eigenvalue weighted by atomic mass is 9.73. The maximum Gasteiger partial charge on any atom is 0.312 e. The molecular formula is C22H26ClNO3. The minimum Gasteiger partial charge on any atom is -0.508 e. The van der Waals surface area contributed by atoms with Crippen LogP contribution < -0.4 is 0 Å². The van der Waals surface area contributed by atoms with Crippen LogP contribution >= 0.6 is 11.6 Å². The molecule has 0 atom stereocenters. The normalized spacial score (nSPS) is 16.8.